The third-order valence-electron chi connectivity index (χ3n) is 5.78. The van der Waals surface area contributed by atoms with E-state index in [1.165, 1.54) is 0 Å². The molecule has 0 amide bonds. The Morgan fingerprint density at radius 2 is 1.23 bits per heavy atom. The van der Waals surface area contributed by atoms with Gasteiger partial charge < -0.3 is 28.4 Å². The molecule has 4 rings (SSSR count). The molecule has 186 valence electrons. The van der Waals surface area contributed by atoms with Gasteiger partial charge in [-0.25, -0.2) is 0 Å². The Balaban J connectivity index is 1.47. The van der Waals surface area contributed by atoms with Crippen LogP contribution in [0.2, 0.25) is 0 Å². The second-order valence-corrected chi connectivity index (χ2v) is 8.51. The Morgan fingerprint density at radius 1 is 0.714 bits per heavy atom. The van der Waals surface area contributed by atoms with Gasteiger partial charge in [-0.1, -0.05) is 91.0 Å². The molecule has 3 aromatic carbocycles. The maximum atomic E-state index is 6.40. The zero-order valence-corrected chi connectivity index (χ0v) is 20.2. The molecule has 4 atom stereocenters. The van der Waals surface area contributed by atoms with Gasteiger partial charge in [0.05, 0.1) is 33.0 Å². The molecule has 0 radical (unpaired) electrons. The SMILES string of the molecule is COCO[C@H]([C@H](OCc1ccccc1)[C@@H]1[13CH2]O1)[C@@H](COCc1ccccc1)OCc1ccccc1. The Hall–Kier alpha value is -2.58. The fourth-order valence-electron chi connectivity index (χ4n) is 3.87. The Kier molecular flexibility index (Phi) is 10.3. The minimum absolute atomic E-state index is 0.0579. The highest BCUT2D eigenvalue weighted by Crippen LogP contribution is 2.27. The topological polar surface area (TPSA) is 58.7 Å². The summed E-state index contributed by atoms with van der Waals surface area (Å²) in [6, 6.07) is 30.3. The molecule has 0 aromatic heterocycles. The van der Waals surface area contributed by atoms with E-state index in [-0.39, 0.29) is 25.1 Å². The average molecular weight is 480 g/mol. The van der Waals surface area contributed by atoms with Crippen molar-refractivity contribution in [3.05, 3.63) is 108 Å². The van der Waals surface area contributed by atoms with E-state index in [0.29, 0.717) is 33.0 Å². The van der Waals surface area contributed by atoms with Crippen LogP contribution in [0.1, 0.15) is 16.7 Å². The van der Waals surface area contributed by atoms with Crippen molar-refractivity contribution in [2.24, 2.45) is 0 Å². The summed E-state index contributed by atoms with van der Waals surface area (Å²) < 4.78 is 36.0. The molecule has 1 fully saturated rings. The molecule has 1 heterocycles. The van der Waals surface area contributed by atoms with Crippen molar-refractivity contribution in [1.29, 1.82) is 0 Å². The van der Waals surface area contributed by atoms with Crippen LogP contribution in [-0.4, -0.2) is 51.5 Å². The quantitative estimate of drug-likeness (QED) is 0.168. The molecule has 0 spiro atoms. The van der Waals surface area contributed by atoms with Gasteiger partial charge in [0.1, 0.15) is 31.2 Å². The van der Waals surface area contributed by atoms with Crippen LogP contribution in [0.25, 0.3) is 0 Å². The second-order valence-electron chi connectivity index (χ2n) is 8.51. The van der Waals surface area contributed by atoms with Crippen LogP contribution in [0, 0.1) is 0 Å². The summed E-state index contributed by atoms with van der Waals surface area (Å²) in [4.78, 5) is 0. The molecule has 35 heavy (non-hydrogen) atoms. The summed E-state index contributed by atoms with van der Waals surface area (Å²) in [6.07, 6.45) is -1.21. The summed E-state index contributed by atoms with van der Waals surface area (Å²) in [5.74, 6) is 0. The van der Waals surface area contributed by atoms with Crippen LogP contribution in [0.5, 0.6) is 0 Å². The smallest absolute Gasteiger partial charge is 0.146 e. The number of methoxy groups -OCH3 is 1. The Bertz CT molecular complexity index is 949. The van der Waals surface area contributed by atoms with E-state index in [0.717, 1.165) is 16.7 Å². The van der Waals surface area contributed by atoms with Crippen molar-refractivity contribution >= 4 is 0 Å². The molecular formula is C29H34O6. The van der Waals surface area contributed by atoms with Crippen LogP contribution in [0.4, 0.5) is 0 Å². The van der Waals surface area contributed by atoms with Crippen molar-refractivity contribution in [3.8, 4) is 0 Å². The van der Waals surface area contributed by atoms with Gasteiger partial charge in [-0.05, 0) is 16.7 Å². The van der Waals surface area contributed by atoms with Crippen LogP contribution in [0.15, 0.2) is 91.0 Å². The zero-order chi connectivity index (χ0) is 24.1. The zero-order valence-electron chi connectivity index (χ0n) is 20.2. The third-order valence-corrected chi connectivity index (χ3v) is 5.78. The van der Waals surface area contributed by atoms with Crippen LogP contribution < -0.4 is 0 Å². The average Bonchev–Trinajstić information content (AvgIpc) is 3.75. The molecule has 1 aliphatic heterocycles. The van der Waals surface area contributed by atoms with Gasteiger partial charge in [0.2, 0.25) is 0 Å². The van der Waals surface area contributed by atoms with Gasteiger partial charge in [-0.15, -0.1) is 0 Å². The molecular weight excluding hydrogens is 445 g/mol. The normalized spacial score (nSPS) is 17.6. The number of epoxide rings is 1. The molecule has 6 nitrogen and oxygen atoms in total. The highest BCUT2D eigenvalue weighted by Gasteiger charge is 2.44. The first-order chi connectivity index (χ1) is 17.3. The van der Waals surface area contributed by atoms with Gasteiger partial charge in [0.15, 0.2) is 0 Å². The van der Waals surface area contributed by atoms with E-state index < -0.39 is 6.10 Å². The first kappa shape index (κ1) is 25.5. The first-order valence-corrected chi connectivity index (χ1v) is 12.0. The van der Waals surface area contributed by atoms with Gasteiger partial charge >= 0.3 is 0 Å². The van der Waals surface area contributed by atoms with Crippen molar-refractivity contribution in [1.82, 2.24) is 0 Å². The molecule has 0 saturated carbocycles. The summed E-state index contributed by atoms with van der Waals surface area (Å²) >= 11 is 0. The molecule has 0 aliphatic carbocycles. The highest BCUT2D eigenvalue weighted by atomic mass is 16.7. The van der Waals surface area contributed by atoms with Crippen molar-refractivity contribution < 1.29 is 28.4 Å². The van der Waals surface area contributed by atoms with Gasteiger partial charge in [-0.2, -0.15) is 0 Å². The monoisotopic (exact) mass is 479 g/mol. The molecule has 0 N–H and O–H groups in total. The number of hydrogen-bond acceptors (Lipinski definition) is 6. The second kappa shape index (κ2) is 14.1. The van der Waals surface area contributed by atoms with Crippen molar-refractivity contribution in [2.45, 2.75) is 44.2 Å². The van der Waals surface area contributed by atoms with Crippen LogP contribution >= 0.6 is 0 Å². The minimum Gasteiger partial charge on any atom is -0.374 e. The number of ether oxygens (including phenoxy) is 6. The predicted molar refractivity (Wildman–Crippen MR) is 133 cm³/mol. The Labute approximate surface area is 207 Å². The summed E-state index contributed by atoms with van der Waals surface area (Å²) in [7, 11) is 1.61. The number of hydrogen-bond donors (Lipinski definition) is 0. The molecule has 6 heteroatoms. The lowest BCUT2D eigenvalue weighted by Crippen LogP contribution is -2.48. The number of benzene rings is 3. The van der Waals surface area contributed by atoms with E-state index in [2.05, 4.69) is 0 Å². The van der Waals surface area contributed by atoms with E-state index >= 15 is 0 Å². The fraction of sp³-hybridized carbons (Fsp3) is 0.379. The van der Waals surface area contributed by atoms with Crippen LogP contribution in [-0.2, 0) is 48.2 Å². The van der Waals surface area contributed by atoms with E-state index in [4.69, 9.17) is 28.4 Å². The van der Waals surface area contributed by atoms with Crippen LogP contribution in [0.3, 0.4) is 0 Å². The maximum absolute atomic E-state index is 6.40. The lowest BCUT2D eigenvalue weighted by Gasteiger charge is -2.33. The van der Waals surface area contributed by atoms with Crippen molar-refractivity contribution in [3.63, 3.8) is 0 Å². The highest BCUT2D eigenvalue weighted by molar-refractivity contribution is 5.15. The lowest BCUT2D eigenvalue weighted by molar-refractivity contribution is -0.196. The molecule has 1 aliphatic rings. The maximum Gasteiger partial charge on any atom is 0.146 e. The summed E-state index contributed by atoms with van der Waals surface area (Å²) in [5.41, 5.74) is 3.27. The van der Waals surface area contributed by atoms with E-state index in [1.54, 1.807) is 7.11 Å². The molecule has 0 unspecified atom stereocenters. The van der Waals surface area contributed by atoms with Gasteiger partial charge in [-0.3, -0.25) is 0 Å². The summed E-state index contributed by atoms with van der Waals surface area (Å²) in [5, 5.41) is 0. The molecule has 1 saturated heterocycles. The van der Waals surface area contributed by atoms with E-state index in [9.17, 15) is 0 Å². The van der Waals surface area contributed by atoms with Gasteiger partial charge in [0.25, 0.3) is 0 Å². The third kappa shape index (κ3) is 8.54. The molecule has 0 bridgehead atoms. The minimum atomic E-state index is -0.439. The van der Waals surface area contributed by atoms with E-state index in [1.807, 2.05) is 91.0 Å². The molecule has 3 aromatic rings. The fourth-order valence-corrected chi connectivity index (χ4v) is 3.87. The lowest BCUT2D eigenvalue weighted by atomic mass is 10.1. The largest absolute Gasteiger partial charge is 0.374 e. The standard InChI is InChI=1S/C29H34O6/c1-30-22-35-29(28(27-21-33-27)34-19-25-15-9-4-10-16-25)26(32-18-24-13-7-3-8-14-24)20-31-17-23-11-5-2-6-12-23/h2-16,26-29H,17-22H2,1H3/t26-,27+,28-,29+/m1/s1/i21+1. The van der Waals surface area contributed by atoms with Crippen molar-refractivity contribution in [2.75, 3.05) is 27.1 Å². The summed E-state index contributed by atoms with van der Waals surface area (Å²) in [6.45, 7) is 2.46. The number of rotatable bonds is 16. The predicted octanol–water partition coefficient (Wildman–Crippen LogP) is 4.76. The first-order valence-electron chi connectivity index (χ1n) is 12.0. The van der Waals surface area contributed by atoms with Gasteiger partial charge in [0, 0.05) is 7.11 Å². The Morgan fingerprint density at radius 3 is 1.74 bits per heavy atom.